The van der Waals surface area contributed by atoms with Crippen LogP contribution in [0.3, 0.4) is 0 Å². The Morgan fingerprint density at radius 3 is 1.58 bits per heavy atom. The zero-order valence-corrected chi connectivity index (χ0v) is 28.5. The number of hydrogen-bond acceptors (Lipinski definition) is 1. The lowest BCUT2D eigenvalue weighted by atomic mass is 9.78. The third-order valence-corrected chi connectivity index (χ3v) is 10.6. The van der Waals surface area contributed by atoms with E-state index in [0.29, 0.717) is 0 Å². The zero-order valence-electron chi connectivity index (χ0n) is 28.5. The molecule has 9 aromatic rings. The van der Waals surface area contributed by atoms with E-state index in [2.05, 4.69) is 194 Å². The summed E-state index contributed by atoms with van der Waals surface area (Å²) >= 11 is 0. The summed E-state index contributed by atoms with van der Waals surface area (Å²) in [7, 11) is 0. The van der Waals surface area contributed by atoms with Gasteiger partial charge in [0.25, 0.3) is 0 Å². The van der Waals surface area contributed by atoms with Gasteiger partial charge in [-0.1, -0.05) is 106 Å². The number of nitrogens with zero attached hydrogens (tertiary/aromatic N) is 2. The summed E-state index contributed by atoms with van der Waals surface area (Å²) in [6, 6.07) is 60.4. The molecule has 0 radical (unpaired) electrons. The van der Waals surface area contributed by atoms with E-state index in [4.69, 9.17) is 0 Å². The van der Waals surface area contributed by atoms with Crippen molar-refractivity contribution in [3.05, 3.63) is 169 Å². The van der Waals surface area contributed by atoms with Gasteiger partial charge < -0.3 is 9.47 Å². The molecule has 0 saturated carbocycles. The first-order valence-electron chi connectivity index (χ1n) is 17.5. The highest BCUT2D eigenvalue weighted by atomic mass is 15.1. The van der Waals surface area contributed by atoms with Crippen molar-refractivity contribution in [3.63, 3.8) is 0 Å². The number of fused-ring (bicyclic) bond motifs is 9. The molecular formula is C48H36N2. The van der Waals surface area contributed by atoms with Crippen molar-refractivity contribution < 1.29 is 0 Å². The summed E-state index contributed by atoms with van der Waals surface area (Å²) in [5.74, 6) is 0. The third-order valence-electron chi connectivity index (χ3n) is 10.6. The lowest BCUT2D eigenvalue weighted by molar-refractivity contribution is 0.591. The van der Waals surface area contributed by atoms with Crippen molar-refractivity contribution >= 4 is 60.4 Å². The van der Waals surface area contributed by atoms with Crippen LogP contribution in [0, 0.1) is 0 Å². The maximum atomic E-state index is 2.41. The number of benzene rings is 8. The van der Waals surface area contributed by atoms with E-state index in [0.717, 1.165) is 11.4 Å². The van der Waals surface area contributed by atoms with Gasteiger partial charge in [0.2, 0.25) is 0 Å². The van der Waals surface area contributed by atoms with Crippen molar-refractivity contribution in [2.45, 2.75) is 26.2 Å². The molecule has 0 N–H and O–H groups in total. The monoisotopic (exact) mass is 640 g/mol. The van der Waals surface area contributed by atoms with E-state index < -0.39 is 0 Å². The van der Waals surface area contributed by atoms with Crippen molar-refractivity contribution in [2.75, 3.05) is 4.90 Å². The molecule has 0 unspecified atom stereocenters. The predicted molar refractivity (Wildman–Crippen MR) is 214 cm³/mol. The predicted octanol–water partition coefficient (Wildman–Crippen LogP) is 13.5. The number of para-hydroxylation sites is 4. The Kier molecular flexibility index (Phi) is 6.17. The first-order chi connectivity index (χ1) is 24.4. The van der Waals surface area contributed by atoms with Crippen LogP contribution in [-0.2, 0) is 5.41 Å². The van der Waals surface area contributed by atoms with Gasteiger partial charge in [-0.15, -0.1) is 0 Å². The Labute approximate surface area is 292 Å². The molecule has 0 bridgehead atoms. The van der Waals surface area contributed by atoms with Crippen LogP contribution < -0.4 is 4.90 Å². The second-order valence-corrected chi connectivity index (χ2v) is 14.7. The topological polar surface area (TPSA) is 8.17 Å². The molecular weight excluding hydrogens is 605 g/mol. The molecule has 1 aromatic heterocycles. The van der Waals surface area contributed by atoms with Crippen LogP contribution in [0.4, 0.5) is 17.1 Å². The van der Waals surface area contributed by atoms with Gasteiger partial charge >= 0.3 is 0 Å². The Morgan fingerprint density at radius 2 is 0.940 bits per heavy atom. The number of hydrogen-bond donors (Lipinski definition) is 0. The molecule has 0 spiro atoms. The highest BCUT2D eigenvalue weighted by Crippen LogP contribution is 2.51. The molecule has 2 heteroatoms. The molecule has 2 nitrogen and oxygen atoms in total. The highest BCUT2D eigenvalue weighted by Gasteiger charge is 2.26. The summed E-state index contributed by atoms with van der Waals surface area (Å²) in [5, 5.41) is 7.61. The fraction of sp³-hybridized carbons (Fsp3) is 0.0833. The molecule has 1 aliphatic rings. The quantitative estimate of drug-likeness (QED) is 0.186. The molecule has 0 atom stereocenters. The molecule has 1 heterocycles. The van der Waals surface area contributed by atoms with Gasteiger partial charge in [-0.2, -0.15) is 0 Å². The molecule has 0 aliphatic heterocycles. The Bertz CT molecular complexity index is 2740. The highest BCUT2D eigenvalue weighted by molar-refractivity contribution is 6.13. The van der Waals surface area contributed by atoms with E-state index in [9.17, 15) is 0 Å². The van der Waals surface area contributed by atoms with Crippen molar-refractivity contribution in [1.82, 2.24) is 4.57 Å². The van der Waals surface area contributed by atoms with Crippen LogP contribution in [0.1, 0.15) is 26.3 Å². The molecule has 238 valence electrons. The van der Waals surface area contributed by atoms with Gasteiger partial charge in [0, 0.05) is 33.5 Å². The molecule has 8 aromatic carbocycles. The molecule has 0 fully saturated rings. The summed E-state index contributed by atoms with van der Waals surface area (Å²) in [4.78, 5) is 2.41. The number of anilines is 3. The Balaban J connectivity index is 1.08. The SMILES string of the molecule is CC(C)(C)c1ccccc1N(c1ccccc1)c1ccc2cc3c(cc2c1)-c1cc2ccc(-n4c5ccccc5c5ccccc54)cc2cc1-3. The van der Waals surface area contributed by atoms with Gasteiger partial charge in [-0.25, -0.2) is 0 Å². The van der Waals surface area contributed by atoms with Gasteiger partial charge in [0.05, 0.1) is 11.0 Å². The van der Waals surface area contributed by atoms with Gasteiger partial charge in [-0.05, 0) is 134 Å². The largest absolute Gasteiger partial charge is 0.310 e. The minimum absolute atomic E-state index is 0.0000786. The fourth-order valence-corrected chi connectivity index (χ4v) is 8.19. The average Bonchev–Trinajstić information content (AvgIpc) is 3.48. The van der Waals surface area contributed by atoms with Crippen LogP contribution in [0.5, 0.6) is 0 Å². The van der Waals surface area contributed by atoms with Crippen molar-refractivity contribution in [1.29, 1.82) is 0 Å². The second kappa shape index (κ2) is 10.7. The van der Waals surface area contributed by atoms with Crippen molar-refractivity contribution in [2.24, 2.45) is 0 Å². The third kappa shape index (κ3) is 4.35. The first kappa shape index (κ1) is 28.9. The van der Waals surface area contributed by atoms with Crippen LogP contribution in [0.15, 0.2) is 164 Å². The number of aromatic nitrogens is 1. The minimum Gasteiger partial charge on any atom is -0.310 e. The Hall–Kier alpha value is -6.12. The fourth-order valence-electron chi connectivity index (χ4n) is 8.19. The summed E-state index contributed by atoms with van der Waals surface area (Å²) in [6.07, 6.45) is 0. The van der Waals surface area contributed by atoms with E-state index in [1.807, 2.05) is 0 Å². The standard InChI is InChI=1S/C48H36N2/c1-48(2,3)44-17-9-12-20-47(44)49(35-13-5-4-6-14-35)36-23-21-31-27-40-42(29-33(31)25-36)41-28-32-22-24-37(26-34(32)30-43(40)41)50-45-18-10-7-15-38(45)39-16-8-11-19-46(39)50/h4-30H,1-3H3. The minimum atomic E-state index is 0.0000786. The lowest BCUT2D eigenvalue weighted by Gasteiger charge is -2.32. The number of rotatable bonds is 4. The second-order valence-electron chi connectivity index (χ2n) is 14.7. The molecule has 10 rings (SSSR count). The van der Waals surface area contributed by atoms with Gasteiger partial charge in [0.15, 0.2) is 0 Å². The van der Waals surface area contributed by atoms with Crippen molar-refractivity contribution in [3.8, 4) is 27.9 Å². The molecule has 0 saturated heterocycles. The Morgan fingerprint density at radius 1 is 0.420 bits per heavy atom. The van der Waals surface area contributed by atoms with E-state index in [-0.39, 0.29) is 5.41 Å². The van der Waals surface area contributed by atoms with Gasteiger partial charge in [0.1, 0.15) is 0 Å². The maximum absolute atomic E-state index is 2.41. The summed E-state index contributed by atoms with van der Waals surface area (Å²) in [6.45, 7) is 6.88. The first-order valence-corrected chi connectivity index (χ1v) is 17.5. The zero-order chi connectivity index (χ0) is 33.6. The van der Waals surface area contributed by atoms with Crippen LogP contribution >= 0.6 is 0 Å². The molecule has 50 heavy (non-hydrogen) atoms. The van der Waals surface area contributed by atoms with Crippen LogP contribution in [-0.4, -0.2) is 4.57 Å². The molecule has 0 amide bonds. The smallest absolute Gasteiger partial charge is 0.0541 e. The van der Waals surface area contributed by atoms with Crippen LogP contribution in [0.2, 0.25) is 0 Å². The maximum Gasteiger partial charge on any atom is 0.0541 e. The normalized spacial score (nSPS) is 12.3. The average molecular weight is 641 g/mol. The van der Waals surface area contributed by atoms with Crippen LogP contribution in [0.25, 0.3) is 71.3 Å². The van der Waals surface area contributed by atoms with Gasteiger partial charge in [-0.3, -0.25) is 0 Å². The summed E-state index contributed by atoms with van der Waals surface area (Å²) in [5.41, 5.74) is 13.9. The summed E-state index contributed by atoms with van der Waals surface area (Å²) < 4.78 is 2.40. The van der Waals surface area contributed by atoms with E-state index in [1.165, 1.54) is 82.5 Å². The molecule has 1 aliphatic carbocycles. The van der Waals surface area contributed by atoms with E-state index >= 15 is 0 Å². The van der Waals surface area contributed by atoms with E-state index in [1.54, 1.807) is 0 Å². The lowest BCUT2D eigenvalue weighted by Crippen LogP contribution is -2.19.